The maximum absolute atomic E-state index is 12.2. The highest BCUT2D eigenvalue weighted by Crippen LogP contribution is 2.19. The molecule has 0 amide bonds. The van der Waals surface area contributed by atoms with Crippen molar-refractivity contribution in [3.63, 3.8) is 0 Å². The number of nitrogens with one attached hydrogen (secondary N) is 1. The minimum Gasteiger partial charge on any atom is -0.367 e. The molecule has 1 N–H and O–H groups in total. The van der Waals surface area contributed by atoms with Gasteiger partial charge in [-0.15, -0.1) is 0 Å². The van der Waals surface area contributed by atoms with Crippen molar-refractivity contribution in [2.24, 2.45) is 0 Å². The molecule has 146 valence electrons. The number of nitrogens with zero attached hydrogens (tertiary/aromatic N) is 5. The Bertz CT molecular complexity index is 783. The molecule has 1 saturated heterocycles. The van der Waals surface area contributed by atoms with Crippen molar-refractivity contribution in [1.29, 1.82) is 0 Å². The smallest absolute Gasteiger partial charge is 0.266 e. The molecule has 7 heteroatoms. The maximum atomic E-state index is 12.2. The van der Waals surface area contributed by atoms with Gasteiger partial charge < -0.3 is 5.32 Å². The van der Waals surface area contributed by atoms with Gasteiger partial charge in [-0.2, -0.15) is 5.10 Å². The second kappa shape index (κ2) is 8.61. The normalized spacial score (nSPS) is 18.4. The highest BCUT2D eigenvalue weighted by Gasteiger charge is 2.23. The van der Waals surface area contributed by atoms with E-state index in [1.165, 1.54) is 12.8 Å². The van der Waals surface area contributed by atoms with Crippen LogP contribution in [0.4, 0.5) is 5.82 Å². The van der Waals surface area contributed by atoms with Gasteiger partial charge in [0.15, 0.2) is 0 Å². The third kappa shape index (κ3) is 5.35. The summed E-state index contributed by atoms with van der Waals surface area (Å²) in [6, 6.07) is 3.91. The number of hydrogen-bond acceptors (Lipinski definition) is 6. The number of piperidine rings is 1. The van der Waals surface area contributed by atoms with Crippen LogP contribution < -0.4 is 10.9 Å². The first-order chi connectivity index (χ1) is 12.9. The lowest BCUT2D eigenvalue weighted by molar-refractivity contribution is 0.147. The Morgan fingerprint density at radius 3 is 2.78 bits per heavy atom. The predicted octanol–water partition coefficient (Wildman–Crippen LogP) is 2.30. The van der Waals surface area contributed by atoms with Gasteiger partial charge in [-0.3, -0.25) is 14.7 Å². The first-order valence-electron chi connectivity index (χ1n) is 9.76. The third-order valence-corrected chi connectivity index (χ3v) is 5.07. The molecule has 2 aromatic heterocycles. The van der Waals surface area contributed by atoms with Crippen LogP contribution in [-0.4, -0.2) is 50.3 Å². The molecule has 0 aromatic carbocycles. The summed E-state index contributed by atoms with van der Waals surface area (Å²) in [6.07, 6.45) is 8.70. The van der Waals surface area contributed by atoms with Crippen LogP contribution >= 0.6 is 0 Å². The van der Waals surface area contributed by atoms with E-state index in [1.807, 2.05) is 6.07 Å². The molecule has 0 aliphatic carbocycles. The fourth-order valence-corrected chi connectivity index (χ4v) is 3.43. The zero-order chi connectivity index (χ0) is 19.3. The summed E-state index contributed by atoms with van der Waals surface area (Å²) in [5.41, 5.74) is 0.847. The van der Waals surface area contributed by atoms with Crippen molar-refractivity contribution in [3.8, 4) is 0 Å². The third-order valence-electron chi connectivity index (χ3n) is 5.07. The molecule has 0 spiro atoms. The van der Waals surface area contributed by atoms with Crippen molar-refractivity contribution in [2.75, 3.05) is 25.0 Å². The molecule has 27 heavy (non-hydrogen) atoms. The first kappa shape index (κ1) is 19.5. The van der Waals surface area contributed by atoms with E-state index in [-0.39, 0.29) is 11.0 Å². The molecule has 1 unspecified atom stereocenters. The maximum Gasteiger partial charge on any atom is 0.266 e. The monoisotopic (exact) mass is 370 g/mol. The van der Waals surface area contributed by atoms with Crippen molar-refractivity contribution < 1.29 is 0 Å². The summed E-state index contributed by atoms with van der Waals surface area (Å²) in [4.78, 5) is 23.1. The molecular formula is C20H30N6O. The van der Waals surface area contributed by atoms with Crippen LogP contribution in [0.15, 0.2) is 35.5 Å². The average molecular weight is 371 g/mol. The predicted molar refractivity (Wildman–Crippen MR) is 107 cm³/mol. The Hall–Kier alpha value is -2.28. The van der Waals surface area contributed by atoms with Gasteiger partial charge in [-0.05, 0) is 25.5 Å². The van der Waals surface area contributed by atoms with Crippen LogP contribution in [-0.2, 0) is 12.0 Å². The van der Waals surface area contributed by atoms with Crippen molar-refractivity contribution >= 4 is 5.82 Å². The molecule has 7 nitrogen and oxygen atoms in total. The van der Waals surface area contributed by atoms with Crippen LogP contribution in [0, 0.1) is 0 Å². The highest BCUT2D eigenvalue weighted by atomic mass is 16.1. The van der Waals surface area contributed by atoms with E-state index in [4.69, 9.17) is 0 Å². The van der Waals surface area contributed by atoms with Gasteiger partial charge in [0.25, 0.3) is 5.56 Å². The number of aromatic nitrogens is 4. The van der Waals surface area contributed by atoms with Gasteiger partial charge in [0.1, 0.15) is 5.82 Å². The van der Waals surface area contributed by atoms with Crippen LogP contribution in [0.2, 0.25) is 0 Å². The quantitative estimate of drug-likeness (QED) is 0.841. The topological polar surface area (TPSA) is 75.9 Å². The lowest BCUT2D eigenvalue weighted by Crippen LogP contribution is -2.45. The molecule has 0 bridgehead atoms. The van der Waals surface area contributed by atoms with E-state index in [0.29, 0.717) is 12.6 Å². The van der Waals surface area contributed by atoms with E-state index >= 15 is 0 Å². The summed E-state index contributed by atoms with van der Waals surface area (Å²) in [5, 5.41) is 7.97. The van der Waals surface area contributed by atoms with Crippen LogP contribution in [0.3, 0.4) is 0 Å². The summed E-state index contributed by atoms with van der Waals surface area (Å²) in [7, 11) is 0. The number of hydrogen-bond donors (Lipinski definition) is 1. The second-order valence-electron chi connectivity index (χ2n) is 8.19. The van der Waals surface area contributed by atoms with Crippen LogP contribution in [0.5, 0.6) is 0 Å². The second-order valence-corrected chi connectivity index (χ2v) is 8.19. The Morgan fingerprint density at radius 1 is 1.19 bits per heavy atom. The lowest BCUT2D eigenvalue weighted by Gasteiger charge is -2.36. The van der Waals surface area contributed by atoms with E-state index < -0.39 is 0 Å². The van der Waals surface area contributed by atoms with Crippen LogP contribution in [0.25, 0.3) is 0 Å². The summed E-state index contributed by atoms with van der Waals surface area (Å²) < 4.78 is 1.61. The Balaban J connectivity index is 1.62. The van der Waals surface area contributed by atoms with Crippen molar-refractivity contribution in [2.45, 2.75) is 58.0 Å². The van der Waals surface area contributed by atoms with Crippen molar-refractivity contribution in [1.82, 2.24) is 24.6 Å². The largest absolute Gasteiger partial charge is 0.367 e. The summed E-state index contributed by atoms with van der Waals surface area (Å²) in [6.45, 7) is 9.68. The standard InChI is InChI=1S/C20H30N6O/c1-20(2,3)17-7-8-19(27)26(24-17)13-12-25-11-5-4-6-16(25)14-23-18-15-21-9-10-22-18/h7-10,15-16H,4-6,11-14H2,1-3H3,(H,22,23). The summed E-state index contributed by atoms with van der Waals surface area (Å²) >= 11 is 0. The Kier molecular flexibility index (Phi) is 6.21. The lowest BCUT2D eigenvalue weighted by atomic mass is 9.92. The van der Waals surface area contributed by atoms with Crippen LogP contribution in [0.1, 0.15) is 45.7 Å². The molecule has 1 atom stereocenters. The van der Waals surface area contributed by atoms with E-state index in [2.05, 4.69) is 46.1 Å². The fraction of sp³-hybridized carbons (Fsp3) is 0.600. The molecular weight excluding hydrogens is 340 g/mol. The minimum atomic E-state index is -0.0657. The molecule has 1 fully saturated rings. The molecule has 3 rings (SSSR count). The number of likely N-dealkylation sites (tertiary alicyclic amines) is 1. The van der Waals surface area contributed by atoms with E-state index in [0.717, 1.165) is 37.6 Å². The van der Waals surface area contributed by atoms with Gasteiger partial charge in [-0.1, -0.05) is 27.2 Å². The molecule has 0 saturated carbocycles. The Labute approximate surface area is 160 Å². The van der Waals surface area contributed by atoms with Gasteiger partial charge in [0, 0.05) is 43.0 Å². The Morgan fingerprint density at radius 2 is 2.04 bits per heavy atom. The first-order valence-corrected chi connectivity index (χ1v) is 9.76. The fourth-order valence-electron chi connectivity index (χ4n) is 3.43. The van der Waals surface area contributed by atoms with Gasteiger partial charge in [0.2, 0.25) is 0 Å². The molecule has 2 aromatic rings. The number of anilines is 1. The molecule has 1 aliphatic rings. The zero-order valence-corrected chi connectivity index (χ0v) is 16.6. The molecule has 1 aliphatic heterocycles. The van der Waals surface area contributed by atoms with Gasteiger partial charge in [-0.25, -0.2) is 9.67 Å². The van der Waals surface area contributed by atoms with Gasteiger partial charge in [0.05, 0.1) is 18.4 Å². The van der Waals surface area contributed by atoms with E-state index in [9.17, 15) is 4.79 Å². The number of rotatable bonds is 6. The molecule has 0 radical (unpaired) electrons. The summed E-state index contributed by atoms with van der Waals surface area (Å²) in [5.74, 6) is 0.804. The SMILES string of the molecule is CC(C)(C)c1ccc(=O)n(CCN2CCCCC2CNc2cnccn2)n1. The highest BCUT2D eigenvalue weighted by molar-refractivity contribution is 5.30. The zero-order valence-electron chi connectivity index (χ0n) is 16.6. The average Bonchev–Trinajstić information content (AvgIpc) is 2.66. The molecule has 3 heterocycles. The minimum absolute atomic E-state index is 0.0331. The van der Waals surface area contributed by atoms with Crippen molar-refractivity contribution in [3.05, 3.63) is 46.8 Å². The van der Waals surface area contributed by atoms with E-state index in [1.54, 1.807) is 29.3 Å². The van der Waals surface area contributed by atoms with Gasteiger partial charge >= 0.3 is 0 Å².